The van der Waals surface area contributed by atoms with Crippen LogP contribution in [-0.4, -0.2) is 22.7 Å². The predicted octanol–water partition coefficient (Wildman–Crippen LogP) is 4.79. The Morgan fingerprint density at radius 3 is 2.73 bits per heavy atom. The summed E-state index contributed by atoms with van der Waals surface area (Å²) in [7, 11) is 0. The largest absolute Gasteiger partial charge is 0.384 e. The Balaban J connectivity index is 1.84. The molecule has 0 bridgehead atoms. The van der Waals surface area contributed by atoms with E-state index < -0.39 is 5.82 Å². The molecule has 5 nitrogen and oxygen atoms in total. The van der Waals surface area contributed by atoms with E-state index in [1.807, 2.05) is 6.07 Å². The van der Waals surface area contributed by atoms with Crippen molar-refractivity contribution in [3.63, 3.8) is 0 Å². The Labute approximate surface area is 158 Å². The van der Waals surface area contributed by atoms with Crippen molar-refractivity contribution in [1.29, 1.82) is 0 Å². The Kier molecular flexibility index (Phi) is 4.44. The number of benzene rings is 2. The summed E-state index contributed by atoms with van der Waals surface area (Å²) in [5.41, 5.74) is 1.92. The summed E-state index contributed by atoms with van der Waals surface area (Å²) in [6.07, 6.45) is 3.51. The highest BCUT2D eigenvalue weighted by Gasteiger charge is 2.13. The van der Waals surface area contributed by atoms with Crippen LogP contribution in [0.5, 0.6) is 0 Å². The van der Waals surface area contributed by atoms with Crippen LogP contribution in [0.25, 0.3) is 16.6 Å². The van der Waals surface area contributed by atoms with Gasteiger partial charge in [0.2, 0.25) is 0 Å². The van der Waals surface area contributed by atoms with Gasteiger partial charge >= 0.3 is 0 Å². The molecule has 2 heterocycles. The molecule has 0 aliphatic carbocycles. The van der Waals surface area contributed by atoms with E-state index in [0.29, 0.717) is 40.1 Å². The van der Waals surface area contributed by atoms with Crippen LogP contribution in [-0.2, 0) is 0 Å². The zero-order valence-corrected chi connectivity index (χ0v) is 14.8. The zero-order chi connectivity index (χ0) is 18.1. The average molecular weight is 388 g/mol. The van der Waals surface area contributed by atoms with Gasteiger partial charge < -0.3 is 10.6 Å². The summed E-state index contributed by atoms with van der Waals surface area (Å²) in [6.45, 7) is 0.659. The molecule has 0 atom stereocenters. The minimum absolute atomic E-state index is 0.0235. The normalized spacial score (nSPS) is 13.4. The second kappa shape index (κ2) is 6.90. The standard InChI is InChI=1S/C18H12Cl2FN5/c19-10-1-4-15-12(7-10)17(24-11-2-3-14(21)13(20)8-11)26-18(25-15)16-9-22-5-6-23-16/h1-4,6-9,22H,5H2,(H,24,25,26). The first-order valence-electron chi connectivity index (χ1n) is 7.76. The maximum absolute atomic E-state index is 13.4. The van der Waals surface area contributed by atoms with Crippen LogP contribution < -0.4 is 10.6 Å². The number of nitrogens with zero attached hydrogens (tertiary/aromatic N) is 3. The number of rotatable bonds is 3. The van der Waals surface area contributed by atoms with Crippen molar-refractivity contribution in [1.82, 2.24) is 15.3 Å². The minimum Gasteiger partial charge on any atom is -0.384 e. The molecule has 0 unspecified atom stereocenters. The second-order valence-electron chi connectivity index (χ2n) is 5.56. The molecule has 26 heavy (non-hydrogen) atoms. The molecule has 0 fully saturated rings. The quantitative estimate of drug-likeness (QED) is 0.677. The van der Waals surface area contributed by atoms with Crippen LogP contribution in [0.4, 0.5) is 15.9 Å². The van der Waals surface area contributed by atoms with Crippen molar-refractivity contribution >= 4 is 57.5 Å². The van der Waals surface area contributed by atoms with E-state index in [1.165, 1.54) is 12.1 Å². The van der Waals surface area contributed by atoms with E-state index in [-0.39, 0.29) is 5.02 Å². The lowest BCUT2D eigenvalue weighted by molar-refractivity contribution is 0.628. The van der Waals surface area contributed by atoms with Crippen LogP contribution >= 0.6 is 23.2 Å². The van der Waals surface area contributed by atoms with E-state index in [2.05, 4.69) is 25.6 Å². The Hall–Kier alpha value is -2.70. The fourth-order valence-electron chi connectivity index (χ4n) is 2.53. The van der Waals surface area contributed by atoms with Crippen molar-refractivity contribution in [3.05, 3.63) is 64.3 Å². The maximum atomic E-state index is 13.4. The highest BCUT2D eigenvalue weighted by Crippen LogP contribution is 2.29. The first kappa shape index (κ1) is 16.8. The first-order valence-corrected chi connectivity index (χ1v) is 8.51. The third-order valence-electron chi connectivity index (χ3n) is 3.75. The molecule has 4 rings (SSSR count). The van der Waals surface area contributed by atoms with E-state index >= 15 is 0 Å². The molecular formula is C18H12Cl2FN5. The van der Waals surface area contributed by atoms with Gasteiger partial charge in [0.05, 0.1) is 10.5 Å². The molecule has 3 aromatic rings. The van der Waals surface area contributed by atoms with E-state index in [9.17, 15) is 4.39 Å². The summed E-state index contributed by atoms with van der Waals surface area (Å²) in [4.78, 5) is 13.5. The van der Waals surface area contributed by atoms with Crippen LogP contribution in [0.3, 0.4) is 0 Å². The van der Waals surface area contributed by atoms with Gasteiger partial charge in [0.15, 0.2) is 5.82 Å². The number of aliphatic imine (C=N–C) groups is 1. The minimum atomic E-state index is -0.485. The number of aromatic nitrogens is 2. The Bertz CT molecular complexity index is 1060. The molecule has 8 heteroatoms. The Morgan fingerprint density at radius 1 is 1.08 bits per heavy atom. The number of halogens is 3. The van der Waals surface area contributed by atoms with E-state index in [0.717, 1.165) is 5.39 Å². The van der Waals surface area contributed by atoms with E-state index in [1.54, 1.807) is 30.6 Å². The number of anilines is 2. The molecular weight excluding hydrogens is 376 g/mol. The number of fused-ring (bicyclic) bond motifs is 1. The second-order valence-corrected chi connectivity index (χ2v) is 6.40. The lowest BCUT2D eigenvalue weighted by Gasteiger charge is -2.13. The average Bonchev–Trinajstić information content (AvgIpc) is 2.65. The first-order chi connectivity index (χ1) is 12.6. The van der Waals surface area contributed by atoms with Gasteiger partial charge in [-0.3, -0.25) is 4.99 Å². The summed E-state index contributed by atoms with van der Waals surface area (Å²) >= 11 is 12.0. The van der Waals surface area contributed by atoms with Crippen molar-refractivity contribution < 1.29 is 4.39 Å². The van der Waals surface area contributed by atoms with Gasteiger partial charge in [0, 0.05) is 35.1 Å². The van der Waals surface area contributed by atoms with Gasteiger partial charge in [-0.1, -0.05) is 23.2 Å². The molecule has 2 N–H and O–H groups in total. The van der Waals surface area contributed by atoms with Crippen molar-refractivity contribution in [2.24, 2.45) is 4.99 Å². The van der Waals surface area contributed by atoms with Gasteiger partial charge in [0.25, 0.3) is 0 Å². The molecule has 2 aromatic carbocycles. The maximum Gasteiger partial charge on any atom is 0.182 e. The lowest BCUT2D eigenvalue weighted by atomic mass is 10.2. The monoisotopic (exact) mass is 387 g/mol. The van der Waals surface area contributed by atoms with E-state index in [4.69, 9.17) is 23.2 Å². The van der Waals surface area contributed by atoms with Crippen LogP contribution in [0.15, 0.2) is 47.6 Å². The molecule has 1 aliphatic heterocycles. The Morgan fingerprint density at radius 2 is 1.96 bits per heavy atom. The van der Waals surface area contributed by atoms with Gasteiger partial charge in [-0.05, 0) is 36.4 Å². The van der Waals surface area contributed by atoms with Crippen molar-refractivity contribution in [3.8, 4) is 0 Å². The predicted molar refractivity (Wildman–Crippen MR) is 104 cm³/mol. The van der Waals surface area contributed by atoms with Crippen molar-refractivity contribution in [2.45, 2.75) is 0 Å². The lowest BCUT2D eigenvalue weighted by Crippen LogP contribution is -2.14. The van der Waals surface area contributed by atoms with Gasteiger partial charge in [-0.2, -0.15) is 0 Å². The molecule has 1 aromatic heterocycles. The molecule has 0 amide bonds. The van der Waals surface area contributed by atoms with Crippen LogP contribution in [0, 0.1) is 5.82 Å². The summed E-state index contributed by atoms with van der Waals surface area (Å²) < 4.78 is 13.4. The molecule has 0 radical (unpaired) electrons. The van der Waals surface area contributed by atoms with Crippen LogP contribution in [0.2, 0.25) is 10.0 Å². The highest BCUT2D eigenvalue weighted by atomic mass is 35.5. The van der Waals surface area contributed by atoms with Gasteiger partial charge in [-0.25, -0.2) is 14.4 Å². The number of nitrogens with one attached hydrogen (secondary N) is 2. The summed E-state index contributed by atoms with van der Waals surface area (Å²) in [5, 5.41) is 7.56. The topological polar surface area (TPSA) is 62.2 Å². The van der Waals surface area contributed by atoms with Crippen LogP contribution in [0.1, 0.15) is 5.82 Å². The molecule has 130 valence electrons. The molecule has 0 saturated heterocycles. The summed E-state index contributed by atoms with van der Waals surface area (Å²) in [6, 6.07) is 9.71. The SMILES string of the molecule is Fc1ccc(Nc2nc(C3=CNCC=N3)nc3ccc(Cl)cc23)cc1Cl. The number of hydrogen-bond acceptors (Lipinski definition) is 5. The molecule has 1 aliphatic rings. The molecule has 0 saturated carbocycles. The fourth-order valence-corrected chi connectivity index (χ4v) is 2.89. The van der Waals surface area contributed by atoms with Crippen molar-refractivity contribution in [2.75, 3.05) is 11.9 Å². The van der Waals surface area contributed by atoms with Gasteiger partial charge in [-0.15, -0.1) is 0 Å². The fraction of sp³-hybridized carbons (Fsp3) is 0.0556. The van der Waals surface area contributed by atoms with Gasteiger partial charge in [0.1, 0.15) is 17.3 Å². The third kappa shape index (κ3) is 3.34. The number of hydrogen-bond donors (Lipinski definition) is 2. The molecule has 0 spiro atoms. The zero-order valence-electron chi connectivity index (χ0n) is 13.3. The smallest absolute Gasteiger partial charge is 0.182 e. The third-order valence-corrected chi connectivity index (χ3v) is 4.27. The summed E-state index contributed by atoms with van der Waals surface area (Å²) in [5.74, 6) is 0.497. The highest BCUT2D eigenvalue weighted by molar-refractivity contribution is 6.31.